The molecule has 10 heteroatoms. The van der Waals surface area contributed by atoms with Crippen LogP contribution in [0.1, 0.15) is 23.2 Å². The van der Waals surface area contributed by atoms with Crippen LogP contribution < -0.4 is 11.1 Å². The first kappa shape index (κ1) is 18.5. The highest BCUT2D eigenvalue weighted by Gasteiger charge is 2.31. The van der Waals surface area contributed by atoms with Gasteiger partial charge in [-0.2, -0.15) is 4.31 Å². The van der Waals surface area contributed by atoms with Crippen LogP contribution in [-0.4, -0.2) is 59.3 Å². The fraction of sp³-hybridized carbons (Fsp3) is 0.438. The summed E-state index contributed by atoms with van der Waals surface area (Å²) in [5.74, 6) is -0.307. The maximum Gasteiger partial charge on any atom is 0.251 e. The molecular weight excluding hydrogens is 356 g/mol. The molecule has 2 aromatic rings. The third kappa shape index (κ3) is 4.26. The van der Waals surface area contributed by atoms with E-state index in [1.165, 1.54) is 16.4 Å². The second-order valence-corrected chi connectivity index (χ2v) is 8.15. The van der Waals surface area contributed by atoms with Gasteiger partial charge in [-0.05, 0) is 31.0 Å². The smallest absolute Gasteiger partial charge is 0.251 e. The van der Waals surface area contributed by atoms with E-state index in [2.05, 4.69) is 15.6 Å². The van der Waals surface area contributed by atoms with Crippen molar-refractivity contribution in [3.05, 3.63) is 42.2 Å². The molecule has 1 aliphatic heterocycles. The van der Waals surface area contributed by atoms with Crippen LogP contribution in [0.5, 0.6) is 0 Å². The van der Waals surface area contributed by atoms with E-state index in [0.717, 1.165) is 0 Å². The minimum absolute atomic E-state index is 0.113. The van der Waals surface area contributed by atoms with Gasteiger partial charge in [0, 0.05) is 44.0 Å². The Hall–Kier alpha value is -2.30. The molecule has 3 N–H and O–H groups in total. The van der Waals surface area contributed by atoms with Crippen LogP contribution in [0.25, 0.3) is 0 Å². The molecule has 1 fully saturated rings. The van der Waals surface area contributed by atoms with Gasteiger partial charge < -0.3 is 11.1 Å². The summed E-state index contributed by atoms with van der Waals surface area (Å²) < 4.78 is 28.4. The molecule has 1 aromatic carbocycles. The lowest BCUT2D eigenvalue weighted by Crippen LogP contribution is -2.32. The van der Waals surface area contributed by atoms with Crippen molar-refractivity contribution in [1.82, 2.24) is 24.6 Å². The quantitative estimate of drug-likeness (QED) is 0.644. The third-order valence-corrected chi connectivity index (χ3v) is 6.10. The van der Waals surface area contributed by atoms with Gasteiger partial charge >= 0.3 is 0 Å². The van der Waals surface area contributed by atoms with E-state index in [4.69, 9.17) is 5.73 Å². The number of hydrogen-bond acceptors (Lipinski definition) is 6. The lowest BCUT2D eigenvalue weighted by Gasteiger charge is -2.16. The van der Waals surface area contributed by atoms with Crippen molar-refractivity contribution in [2.75, 3.05) is 19.6 Å². The number of rotatable bonds is 7. The number of carbonyl (C=O) groups excluding carboxylic acids is 1. The molecule has 1 saturated heterocycles. The number of nitrogens with zero attached hydrogens (tertiary/aromatic N) is 4. The highest BCUT2D eigenvalue weighted by Crippen LogP contribution is 2.21. The summed E-state index contributed by atoms with van der Waals surface area (Å²) in [5, 5.41) is 10.3. The van der Waals surface area contributed by atoms with Crippen molar-refractivity contribution in [1.29, 1.82) is 0 Å². The van der Waals surface area contributed by atoms with E-state index in [9.17, 15) is 13.2 Å². The lowest BCUT2D eigenvalue weighted by atomic mass is 10.2. The van der Waals surface area contributed by atoms with Gasteiger partial charge in [0.25, 0.3) is 5.91 Å². The second kappa shape index (κ2) is 7.94. The summed E-state index contributed by atoms with van der Waals surface area (Å²) in [4.78, 5) is 12.4. The average molecular weight is 378 g/mol. The number of benzene rings is 1. The molecule has 0 radical (unpaired) electrons. The summed E-state index contributed by atoms with van der Waals surface area (Å²) in [6.45, 7) is 1.81. The first-order valence-corrected chi connectivity index (χ1v) is 9.89. The van der Waals surface area contributed by atoms with Crippen LogP contribution in [0.4, 0.5) is 0 Å². The number of nitrogens with two attached hydrogens (primary N) is 1. The Labute approximate surface area is 152 Å². The van der Waals surface area contributed by atoms with Crippen molar-refractivity contribution in [3.63, 3.8) is 0 Å². The summed E-state index contributed by atoms with van der Waals surface area (Å²) in [7, 11) is -3.63. The molecule has 9 nitrogen and oxygen atoms in total. The Morgan fingerprint density at radius 2 is 2.23 bits per heavy atom. The standard InChI is InChI=1S/C16H22N6O3S/c17-14-5-9-22(12-14)26(24,25)15-4-1-3-13(11-15)16(23)18-6-2-8-21-10-7-19-20-21/h1,3-4,7,10-11,14H,2,5-6,8-9,12,17H2,(H,18,23)/t14-/m1/s1. The summed E-state index contributed by atoms with van der Waals surface area (Å²) in [6.07, 6.45) is 4.68. The maximum atomic E-state index is 12.7. The normalized spacial score (nSPS) is 18.1. The Morgan fingerprint density at radius 1 is 1.38 bits per heavy atom. The van der Waals surface area contributed by atoms with Crippen molar-refractivity contribution in [2.45, 2.75) is 30.3 Å². The van der Waals surface area contributed by atoms with Crippen LogP contribution in [0.3, 0.4) is 0 Å². The van der Waals surface area contributed by atoms with E-state index < -0.39 is 10.0 Å². The Bertz CT molecular complexity index is 853. The Kier molecular flexibility index (Phi) is 5.64. The molecule has 1 aromatic heterocycles. The van der Waals surface area contributed by atoms with Crippen molar-refractivity contribution in [2.24, 2.45) is 5.73 Å². The molecule has 3 rings (SSSR count). The van der Waals surface area contributed by atoms with Gasteiger partial charge in [-0.25, -0.2) is 8.42 Å². The highest BCUT2D eigenvalue weighted by atomic mass is 32.2. The van der Waals surface area contributed by atoms with E-state index in [1.54, 1.807) is 29.2 Å². The number of aromatic nitrogens is 3. The minimum Gasteiger partial charge on any atom is -0.352 e. The summed E-state index contributed by atoms with van der Waals surface area (Å²) >= 11 is 0. The van der Waals surface area contributed by atoms with E-state index in [0.29, 0.717) is 44.6 Å². The molecular formula is C16H22N6O3S. The number of carbonyl (C=O) groups is 1. The van der Waals surface area contributed by atoms with Gasteiger partial charge in [-0.15, -0.1) is 5.10 Å². The number of amides is 1. The molecule has 0 aliphatic carbocycles. The Balaban J connectivity index is 1.60. The summed E-state index contributed by atoms with van der Waals surface area (Å²) in [5.41, 5.74) is 6.12. The molecule has 1 atom stereocenters. The first-order valence-electron chi connectivity index (χ1n) is 8.45. The number of aryl methyl sites for hydroxylation is 1. The van der Waals surface area contributed by atoms with Crippen LogP contribution in [0.15, 0.2) is 41.6 Å². The van der Waals surface area contributed by atoms with Crippen molar-refractivity contribution < 1.29 is 13.2 Å². The molecule has 140 valence electrons. The van der Waals surface area contributed by atoms with Crippen LogP contribution in [0, 0.1) is 0 Å². The van der Waals surface area contributed by atoms with Crippen molar-refractivity contribution >= 4 is 15.9 Å². The maximum absolute atomic E-state index is 12.7. The fourth-order valence-corrected chi connectivity index (χ4v) is 4.37. The summed E-state index contributed by atoms with van der Waals surface area (Å²) in [6, 6.07) is 5.95. The second-order valence-electron chi connectivity index (χ2n) is 6.22. The molecule has 1 aliphatic rings. The zero-order valence-corrected chi connectivity index (χ0v) is 15.1. The van der Waals surface area contributed by atoms with Crippen molar-refractivity contribution in [3.8, 4) is 0 Å². The van der Waals surface area contributed by atoms with E-state index in [1.807, 2.05) is 0 Å². The van der Waals surface area contributed by atoms with Crippen LogP contribution in [-0.2, 0) is 16.6 Å². The van der Waals surface area contributed by atoms with Gasteiger partial charge in [-0.3, -0.25) is 9.48 Å². The number of nitrogens with one attached hydrogen (secondary N) is 1. The predicted octanol–water partition coefficient (Wildman–Crippen LogP) is -0.180. The molecule has 26 heavy (non-hydrogen) atoms. The number of sulfonamides is 1. The molecule has 1 amide bonds. The molecule has 0 saturated carbocycles. The Morgan fingerprint density at radius 3 is 2.92 bits per heavy atom. The van der Waals surface area contributed by atoms with E-state index >= 15 is 0 Å². The highest BCUT2D eigenvalue weighted by molar-refractivity contribution is 7.89. The zero-order valence-electron chi connectivity index (χ0n) is 14.3. The van der Waals surface area contributed by atoms with Gasteiger partial charge in [0.2, 0.25) is 10.0 Å². The number of hydrogen-bond donors (Lipinski definition) is 2. The molecule has 0 spiro atoms. The van der Waals surface area contributed by atoms with Gasteiger partial charge in [0.15, 0.2) is 0 Å². The SMILES string of the molecule is N[C@@H]1CCN(S(=O)(=O)c2cccc(C(=O)NCCCn3ccnn3)c2)C1. The average Bonchev–Trinajstić information content (AvgIpc) is 3.30. The topological polar surface area (TPSA) is 123 Å². The third-order valence-electron chi connectivity index (χ3n) is 4.24. The molecule has 2 heterocycles. The first-order chi connectivity index (χ1) is 12.5. The lowest BCUT2D eigenvalue weighted by molar-refractivity contribution is 0.0952. The largest absolute Gasteiger partial charge is 0.352 e. The molecule has 0 bridgehead atoms. The predicted molar refractivity (Wildman–Crippen MR) is 94.8 cm³/mol. The van der Waals surface area contributed by atoms with Gasteiger partial charge in [0.05, 0.1) is 11.1 Å². The van der Waals surface area contributed by atoms with Gasteiger partial charge in [0.1, 0.15) is 0 Å². The monoisotopic (exact) mass is 378 g/mol. The zero-order chi connectivity index (χ0) is 18.6. The minimum atomic E-state index is -3.63. The van der Waals surface area contributed by atoms with Crippen LogP contribution in [0.2, 0.25) is 0 Å². The van der Waals surface area contributed by atoms with Gasteiger partial charge in [-0.1, -0.05) is 11.3 Å². The van der Waals surface area contributed by atoms with Crippen LogP contribution >= 0.6 is 0 Å². The fourth-order valence-electron chi connectivity index (χ4n) is 2.82. The molecule has 0 unspecified atom stereocenters. The van der Waals surface area contributed by atoms with E-state index in [-0.39, 0.29) is 16.8 Å².